The molecule has 1 aliphatic carbocycles. The number of hydrogen-bond donors (Lipinski definition) is 2. The van der Waals surface area contributed by atoms with Crippen LogP contribution in [-0.4, -0.2) is 71.9 Å². The van der Waals surface area contributed by atoms with Crippen molar-refractivity contribution in [2.75, 3.05) is 31.7 Å². The summed E-state index contributed by atoms with van der Waals surface area (Å²) in [6.45, 7) is -2.91. The number of carboxylic acids is 1. The monoisotopic (exact) mass is 510 g/mol. The molecule has 35 heavy (non-hydrogen) atoms. The van der Waals surface area contributed by atoms with Crippen LogP contribution in [0.4, 0.5) is 18.0 Å². The number of halogens is 3. The highest BCUT2D eigenvalue weighted by Crippen LogP contribution is 2.44. The summed E-state index contributed by atoms with van der Waals surface area (Å²) in [7, 11) is 0. The maximum Gasteiger partial charge on any atom is 0.407 e. The number of amides is 2. The van der Waals surface area contributed by atoms with E-state index in [0.29, 0.717) is 5.75 Å². The molecule has 1 atom stereocenters. The number of carbonyl (C=O) groups is 3. The molecular formula is C24H25F3N2O5S. The third-order valence-corrected chi connectivity index (χ3v) is 6.20. The number of alkyl carbamates (subject to hydrolysis) is 1. The minimum Gasteiger partial charge on any atom is -0.480 e. The molecule has 0 aliphatic heterocycles. The normalized spacial score (nSPS) is 13.5. The Labute approximate surface area is 204 Å². The van der Waals surface area contributed by atoms with Gasteiger partial charge in [-0.15, -0.1) is 0 Å². The zero-order valence-corrected chi connectivity index (χ0v) is 19.7. The van der Waals surface area contributed by atoms with Crippen LogP contribution in [0.2, 0.25) is 0 Å². The molecular weight excluding hydrogens is 485 g/mol. The van der Waals surface area contributed by atoms with Crippen LogP contribution < -0.4 is 5.32 Å². The number of alkyl halides is 3. The van der Waals surface area contributed by atoms with Gasteiger partial charge in [0.2, 0.25) is 5.91 Å². The van der Waals surface area contributed by atoms with E-state index in [4.69, 9.17) is 9.84 Å². The number of thioether (sulfide) groups is 1. The Morgan fingerprint density at radius 3 is 2.17 bits per heavy atom. The summed E-state index contributed by atoms with van der Waals surface area (Å²) >= 11 is 1.33. The van der Waals surface area contributed by atoms with Gasteiger partial charge in [-0.1, -0.05) is 48.5 Å². The van der Waals surface area contributed by atoms with Crippen LogP contribution in [0.15, 0.2) is 48.5 Å². The fraction of sp³-hybridized carbons (Fsp3) is 0.375. The minimum absolute atomic E-state index is 0.0121. The van der Waals surface area contributed by atoms with Gasteiger partial charge in [0.1, 0.15) is 25.7 Å². The molecule has 3 rings (SSSR count). The number of carboxylic acid groups (broad SMARTS) is 1. The Morgan fingerprint density at radius 1 is 1.09 bits per heavy atom. The maximum atomic E-state index is 12.9. The first-order valence-electron chi connectivity index (χ1n) is 10.8. The second-order valence-corrected chi connectivity index (χ2v) is 8.99. The number of fused-ring (bicyclic) bond motifs is 3. The van der Waals surface area contributed by atoms with Crippen molar-refractivity contribution in [1.29, 1.82) is 0 Å². The van der Waals surface area contributed by atoms with Gasteiger partial charge in [-0.2, -0.15) is 24.9 Å². The van der Waals surface area contributed by atoms with E-state index in [9.17, 15) is 27.6 Å². The van der Waals surface area contributed by atoms with E-state index in [1.165, 1.54) is 11.8 Å². The molecule has 0 saturated heterocycles. The molecule has 11 heteroatoms. The first-order valence-corrected chi connectivity index (χ1v) is 12.2. The Hall–Kier alpha value is -3.21. The van der Waals surface area contributed by atoms with E-state index >= 15 is 0 Å². The smallest absolute Gasteiger partial charge is 0.407 e. The summed E-state index contributed by atoms with van der Waals surface area (Å²) in [5.74, 6) is -2.60. The molecule has 2 aromatic rings. The second kappa shape index (κ2) is 11.5. The largest absolute Gasteiger partial charge is 0.480 e. The lowest BCUT2D eigenvalue weighted by atomic mass is 9.98. The van der Waals surface area contributed by atoms with E-state index in [2.05, 4.69) is 5.32 Å². The number of rotatable bonds is 10. The molecule has 0 fully saturated rings. The molecule has 0 aromatic heterocycles. The number of benzene rings is 2. The van der Waals surface area contributed by atoms with Gasteiger partial charge >= 0.3 is 18.2 Å². The van der Waals surface area contributed by atoms with E-state index in [1.807, 2.05) is 48.5 Å². The van der Waals surface area contributed by atoms with Gasteiger partial charge in [0.25, 0.3) is 0 Å². The fourth-order valence-corrected chi connectivity index (χ4v) is 4.56. The van der Waals surface area contributed by atoms with Crippen molar-refractivity contribution in [3.63, 3.8) is 0 Å². The SMILES string of the molecule is CSCCC(NC(=O)OCC1c2ccccc2-c2ccccc21)C(=O)N(CC(=O)O)CC(F)(F)F. The number of hydrogen-bond acceptors (Lipinski definition) is 5. The standard InChI is InChI=1S/C24H25F3N2O5S/c1-35-11-10-20(22(32)29(12-21(30)31)14-24(25,26)27)28-23(33)34-13-19-17-8-4-2-6-15(17)16-7-3-5-9-18(16)19/h2-9,19-20H,10-14H2,1H3,(H,28,33)(H,30,31). The Kier molecular flexibility index (Phi) is 8.66. The third-order valence-electron chi connectivity index (χ3n) is 5.55. The van der Waals surface area contributed by atoms with Gasteiger partial charge in [0.05, 0.1) is 0 Å². The highest BCUT2D eigenvalue weighted by molar-refractivity contribution is 7.98. The van der Waals surface area contributed by atoms with Crippen molar-refractivity contribution < 1.29 is 37.4 Å². The summed E-state index contributed by atoms with van der Waals surface area (Å²) < 4.78 is 44.2. The number of carbonyl (C=O) groups excluding carboxylic acids is 2. The number of nitrogens with one attached hydrogen (secondary N) is 1. The third kappa shape index (κ3) is 6.91. The van der Waals surface area contributed by atoms with Crippen LogP contribution in [0, 0.1) is 0 Å². The van der Waals surface area contributed by atoms with Crippen LogP contribution in [0.1, 0.15) is 23.5 Å². The lowest BCUT2D eigenvalue weighted by molar-refractivity contribution is -0.166. The zero-order valence-electron chi connectivity index (χ0n) is 18.9. The molecule has 188 valence electrons. The first-order chi connectivity index (χ1) is 16.6. The average Bonchev–Trinajstić information content (AvgIpc) is 3.12. The van der Waals surface area contributed by atoms with Crippen molar-refractivity contribution >= 4 is 29.7 Å². The molecule has 2 amide bonds. The summed E-state index contributed by atoms with van der Waals surface area (Å²) in [5.41, 5.74) is 4.02. The number of nitrogens with zero attached hydrogens (tertiary/aromatic N) is 1. The van der Waals surface area contributed by atoms with Gasteiger partial charge in [-0.3, -0.25) is 9.59 Å². The highest BCUT2D eigenvalue weighted by Gasteiger charge is 2.37. The molecule has 0 bridgehead atoms. The van der Waals surface area contributed by atoms with Gasteiger partial charge in [-0.25, -0.2) is 4.79 Å². The van der Waals surface area contributed by atoms with E-state index in [0.717, 1.165) is 22.3 Å². The van der Waals surface area contributed by atoms with E-state index < -0.39 is 43.3 Å². The summed E-state index contributed by atoms with van der Waals surface area (Å²) in [6.07, 6.45) is -4.01. The summed E-state index contributed by atoms with van der Waals surface area (Å²) in [4.78, 5) is 36.6. The van der Waals surface area contributed by atoms with Crippen LogP contribution in [0.3, 0.4) is 0 Å². The molecule has 1 aliphatic rings. The van der Waals surface area contributed by atoms with Crippen LogP contribution >= 0.6 is 11.8 Å². The van der Waals surface area contributed by atoms with Gasteiger partial charge in [0, 0.05) is 5.92 Å². The number of ether oxygens (including phenoxy) is 1. The minimum atomic E-state index is -4.79. The van der Waals surface area contributed by atoms with Crippen molar-refractivity contribution in [3.05, 3.63) is 59.7 Å². The molecule has 0 heterocycles. The first kappa shape index (κ1) is 26.4. The Balaban J connectivity index is 1.71. The fourth-order valence-electron chi connectivity index (χ4n) is 4.09. The predicted molar refractivity (Wildman–Crippen MR) is 125 cm³/mol. The quantitative estimate of drug-likeness (QED) is 0.499. The highest BCUT2D eigenvalue weighted by atomic mass is 32.2. The van der Waals surface area contributed by atoms with Gasteiger partial charge in [0.15, 0.2) is 0 Å². The predicted octanol–water partition coefficient (Wildman–Crippen LogP) is 4.12. The summed E-state index contributed by atoms with van der Waals surface area (Å²) in [6, 6.07) is 14.1. The molecule has 0 radical (unpaired) electrons. The van der Waals surface area contributed by atoms with Gasteiger partial charge in [-0.05, 0) is 40.7 Å². The maximum absolute atomic E-state index is 12.9. The lowest BCUT2D eigenvalue weighted by Gasteiger charge is -2.27. The van der Waals surface area contributed by atoms with Crippen molar-refractivity contribution in [2.24, 2.45) is 0 Å². The average molecular weight is 511 g/mol. The van der Waals surface area contributed by atoms with E-state index in [1.54, 1.807) is 6.26 Å². The summed E-state index contributed by atoms with van der Waals surface area (Å²) in [5, 5.41) is 11.3. The molecule has 1 unspecified atom stereocenters. The molecule has 2 N–H and O–H groups in total. The van der Waals surface area contributed by atoms with Crippen LogP contribution in [0.25, 0.3) is 11.1 Å². The zero-order chi connectivity index (χ0) is 25.6. The molecule has 7 nitrogen and oxygen atoms in total. The topological polar surface area (TPSA) is 95.9 Å². The molecule has 2 aromatic carbocycles. The Bertz CT molecular complexity index is 1030. The lowest BCUT2D eigenvalue weighted by Crippen LogP contribution is -2.52. The Morgan fingerprint density at radius 2 is 1.66 bits per heavy atom. The van der Waals surface area contributed by atoms with Crippen molar-refractivity contribution in [3.8, 4) is 11.1 Å². The van der Waals surface area contributed by atoms with Crippen LogP contribution in [0.5, 0.6) is 0 Å². The molecule has 0 saturated carbocycles. The second-order valence-electron chi connectivity index (χ2n) is 8.01. The van der Waals surface area contributed by atoms with Gasteiger partial charge < -0.3 is 20.1 Å². The van der Waals surface area contributed by atoms with Crippen molar-refractivity contribution in [1.82, 2.24) is 10.2 Å². The molecule has 0 spiro atoms. The van der Waals surface area contributed by atoms with Crippen molar-refractivity contribution in [2.45, 2.75) is 24.6 Å². The van der Waals surface area contributed by atoms with E-state index in [-0.39, 0.29) is 23.8 Å². The van der Waals surface area contributed by atoms with Crippen LogP contribution in [-0.2, 0) is 14.3 Å². The number of aliphatic carboxylic acids is 1.